The van der Waals surface area contributed by atoms with E-state index in [0.717, 1.165) is 13.1 Å². The largest absolute Gasteiger partial charge is 0.316 e. The minimum atomic E-state index is -0.280. The van der Waals surface area contributed by atoms with E-state index in [1.54, 1.807) is 18.2 Å². The van der Waals surface area contributed by atoms with E-state index in [4.69, 9.17) is 0 Å². The van der Waals surface area contributed by atoms with Gasteiger partial charge >= 0.3 is 0 Å². The van der Waals surface area contributed by atoms with Gasteiger partial charge in [-0.25, -0.2) is 4.39 Å². The van der Waals surface area contributed by atoms with Crippen molar-refractivity contribution in [3.8, 4) is 0 Å². The Balaban J connectivity index is 1.90. The van der Waals surface area contributed by atoms with Gasteiger partial charge in [0.15, 0.2) is 0 Å². The van der Waals surface area contributed by atoms with Crippen LogP contribution in [0.25, 0.3) is 0 Å². The highest BCUT2D eigenvalue weighted by molar-refractivity contribution is 5.81. The maximum absolute atomic E-state index is 13.2. The minimum Gasteiger partial charge on any atom is -0.316 e. The average Bonchev–Trinajstić information content (AvgIpc) is 2.16. The van der Waals surface area contributed by atoms with Crippen molar-refractivity contribution in [2.45, 2.75) is 12.8 Å². The Hall–Kier alpha value is -1.22. The second kappa shape index (κ2) is 4.53. The van der Waals surface area contributed by atoms with E-state index in [2.05, 4.69) is 5.32 Å². The van der Waals surface area contributed by atoms with Gasteiger partial charge in [0.1, 0.15) is 11.6 Å². The predicted molar refractivity (Wildman–Crippen MR) is 56.1 cm³/mol. The average molecular weight is 207 g/mol. The lowest BCUT2D eigenvalue weighted by atomic mass is 9.94. The van der Waals surface area contributed by atoms with Crippen LogP contribution >= 0.6 is 0 Å². The SMILES string of the molecule is O=C(Cc1ccccc1F)CC1CNC1. The van der Waals surface area contributed by atoms with Crippen LogP contribution < -0.4 is 5.32 Å². The van der Waals surface area contributed by atoms with Crippen LogP contribution in [0.4, 0.5) is 4.39 Å². The molecule has 0 bridgehead atoms. The molecule has 1 aliphatic heterocycles. The topological polar surface area (TPSA) is 29.1 Å². The van der Waals surface area contributed by atoms with E-state index in [0.29, 0.717) is 17.9 Å². The molecule has 15 heavy (non-hydrogen) atoms. The Morgan fingerprint density at radius 3 is 2.73 bits per heavy atom. The summed E-state index contributed by atoms with van der Waals surface area (Å²) in [4.78, 5) is 11.6. The van der Waals surface area contributed by atoms with Crippen molar-refractivity contribution in [3.63, 3.8) is 0 Å². The van der Waals surface area contributed by atoms with Crippen LogP contribution in [0.5, 0.6) is 0 Å². The van der Waals surface area contributed by atoms with Crippen molar-refractivity contribution >= 4 is 5.78 Å². The van der Waals surface area contributed by atoms with Crippen molar-refractivity contribution in [3.05, 3.63) is 35.6 Å². The maximum atomic E-state index is 13.2. The lowest BCUT2D eigenvalue weighted by molar-refractivity contribution is -0.119. The smallest absolute Gasteiger partial charge is 0.137 e. The van der Waals surface area contributed by atoms with Crippen LogP contribution in [-0.2, 0) is 11.2 Å². The highest BCUT2D eigenvalue weighted by Gasteiger charge is 2.20. The van der Waals surface area contributed by atoms with Crippen molar-refractivity contribution < 1.29 is 9.18 Å². The molecule has 1 N–H and O–H groups in total. The monoisotopic (exact) mass is 207 g/mol. The third kappa shape index (κ3) is 2.63. The fourth-order valence-electron chi connectivity index (χ4n) is 1.74. The van der Waals surface area contributed by atoms with Gasteiger partial charge in [0.25, 0.3) is 0 Å². The summed E-state index contributed by atoms with van der Waals surface area (Å²) in [6, 6.07) is 6.47. The number of nitrogens with one attached hydrogen (secondary N) is 1. The second-order valence-electron chi connectivity index (χ2n) is 4.04. The number of Topliss-reactive ketones (excluding diaryl/α,β-unsaturated/α-hetero) is 1. The lowest BCUT2D eigenvalue weighted by Gasteiger charge is -2.26. The van der Waals surface area contributed by atoms with Crippen molar-refractivity contribution in [1.82, 2.24) is 5.32 Å². The Morgan fingerprint density at radius 1 is 1.40 bits per heavy atom. The quantitative estimate of drug-likeness (QED) is 0.811. The van der Waals surface area contributed by atoms with Crippen LogP contribution in [0, 0.1) is 11.7 Å². The molecule has 0 spiro atoms. The van der Waals surface area contributed by atoms with E-state index in [1.165, 1.54) is 6.07 Å². The molecular weight excluding hydrogens is 193 g/mol. The highest BCUT2D eigenvalue weighted by Crippen LogP contribution is 2.13. The predicted octanol–water partition coefficient (Wildman–Crippen LogP) is 1.55. The fraction of sp³-hybridized carbons (Fsp3) is 0.417. The second-order valence-corrected chi connectivity index (χ2v) is 4.04. The van der Waals surface area contributed by atoms with E-state index < -0.39 is 0 Å². The van der Waals surface area contributed by atoms with Crippen LogP contribution in [0.1, 0.15) is 12.0 Å². The molecular formula is C12H14FNO. The van der Waals surface area contributed by atoms with Crippen molar-refractivity contribution in [1.29, 1.82) is 0 Å². The van der Waals surface area contributed by atoms with Crippen LogP contribution in [-0.4, -0.2) is 18.9 Å². The van der Waals surface area contributed by atoms with Crippen LogP contribution in [0.2, 0.25) is 0 Å². The van der Waals surface area contributed by atoms with E-state index in [1.807, 2.05) is 0 Å². The summed E-state index contributed by atoms with van der Waals surface area (Å²) in [6.45, 7) is 1.84. The van der Waals surface area contributed by atoms with Gasteiger partial charge in [0, 0.05) is 12.8 Å². The van der Waals surface area contributed by atoms with Crippen molar-refractivity contribution in [2.24, 2.45) is 5.92 Å². The first-order chi connectivity index (χ1) is 7.25. The molecule has 0 amide bonds. The molecule has 3 heteroatoms. The summed E-state index contributed by atoms with van der Waals surface area (Å²) in [6.07, 6.45) is 0.796. The molecule has 0 radical (unpaired) electrons. The summed E-state index contributed by atoms with van der Waals surface area (Å²) in [7, 11) is 0. The molecule has 1 aromatic rings. The summed E-state index contributed by atoms with van der Waals surface area (Å²) < 4.78 is 13.2. The third-order valence-electron chi connectivity index (χ3n) is 2.73. The number of halogens is 1. The first-order valence-electron chi connectivity index (χ1n) is 5.21. The normalized spacial score (nSPS) is 16.1. The van der Waals surface area contributed by atoms with Crippen LogP contribution in [0.3, 0.4) is 0 Å². The zero-order valence-corrected chi connectivity index (χ0v) is 8.50. The summed E-state index contributed by atoms with van der Waals surface area (Å²) in [5.41, 5.74) is 0.509. The molecule has 0 aromatic heterocycles. The standard InChI is InChI=1S/C12H14FNO/c13-12-4-2-1-3-10(12)6-11(15)5-9-7-14-8-9/h1-4,9,14H,5-8H2. The number of carbonyl (C=O) groups excluding carboxylic acids is 1. The van der Waals surface area contributed by atoms with E-state index in [-0.39, 0.29) is 18.0 Å². The molecule has 80 valence electrons. The van der Waals surface area contributed by atoms with Gasteiger partial charge in [-0.3, -0.25) is 4.79 Å². The molecule has 0 unspecified atom stereocenters. The maximum Gasteiger partial charge on any atom is 0.137 e. The molecule has 1 aliphatic rings. The van der Waals surface area contributed by atoms with Gasteiger partial charge in [-0.15, -0.1) is 0 Å². The molecule has 1 heterocycles. The zero-order chi connectivity index (χ0) is 10.7. The van der Waals surface area contributed by atoms with Gasteiger partial charge in [-0.1, -0.05) is 18.2 Å². The summed E-state index contributed by atoms with van der Waals surface area (Å²) in [5.74, 6) is 0.313. The molecule has 1 fully saturated rings. The number of hydrogen-bond acceptors (Lipinski definition) is 2. The Bertz CT molecular complexity index is 360. The number of hydrogen-bond donors (Lipinski definition) is 1. The molecule has 1 saturated heterocycles. The lowest BCUT2D eigenvalue weighted by Crippen LogP contribution is -2.43. The summed E-state index contributed by atoms with van der Waals surface area (Å²) in [5, 5.41) is 3.12. The summed E-state index contributed by atoms with van der Waals surface area (Å²) >= 11 is 0. The molecule has 2 nitrogen and oxygen atoms in total. The minimum absolute atomic E-state index is 0.131. The Morgan fingerprint density at radius 2 is 2.13 bits per heavy atom. The van der Waals surface area contributed by atoms with Crippen LogP contribution in [0.15, 0.2) is 24.3 Å². The molecule has 2 rings (SSSR count). The first-order valence-corrected chi connectivity index (χ1v) is 5.21. The van der Waals surface area contributed by atoms with Gasteiger partial charge < -0.3 is 5.32 Å². The van der Waals surface area contributed by atoms with Crippen molar-refractivity contribution in [2.75, 3.05) is 13.1 Å². The Labute approximate surface area is 88.5 Å². The number of rotatable bonds is 4. The van der Waals surface area contributed by atoms with E-state index >= 15 is 0 Å². The zero-order valence-electron chi connectivity index (χ0n) is 8.50. The van der Waals surface area contributed by atoms with Gasteiger partial charge in [0.05, 0.1) is 0 Å². The molecule has 1 aromatic carbocycles. The fourth-order valence-corrected chi connectivity index (χ4v) is 1.74. The number of benzene rings is 1. The van der Waals surface area contributed by atoms with Gasteiger partial charge in [0.2, 0.25) is 0 Å². The highest BCUT2D eigenvalue weighted by atomic mass is 19.1. The molecule has 0 aliphatic carbocycles. The number of carbonyl (C=O) groups is 1. The third-order valence-corrected chi connectivity index (χ3v) is 2.73. The first kappa shape index (κ1) is 10.3. The van der Waals surface area contributed by atoms with Gasteiger partial charge in [-0.05, 0) is 30.6 Å². The number of ketones is 1. The Kier molecular flexibility index (Phi) is 3.11. The van der Waals surface area contributed by atoms with E-state index in [9.17, 15) is 9.18 Å². The molecule has 0 atom stereocenters. The van der Waals surface area contributed by atoms with Gasteiger partial charge in [-0.2, -0.15) is 0 Å². The molecule has 0 saturated carbocycles.